The summed E-state index contributed by atoms with van der Waals surface area (Å²) in [6.07, 6.45) is 1.14. The number of para-hydroxylation sites is 1. The third-order valence-electron chi connectivity index (χ3n) is 5.32. The predicted molar refractivity (Wildman–Crippen MR) is 105 cm³/mol. The number of anilines is 2. The average molecular weight is 368 g/mol. The Labute approximate surface area is 159 Å². The Bertz CT molecular complexity index is 865. The van der Waals surface area contributed by atoms with Gasteiger partial charge in [0.15, 0.2) is 0 Å². The lowest BCUT2D eigenvalue weighted by Crippen LogP contribution is -2.29. The molecular weight excluding hydrogens is 343 g/mol. The van der Waals surface area contributed by atoms with Gasteiger partial charge in [-0.05, 0) is 48.6 Å². The minimum atomic E-state index is -0.454. The van der Waals surface area contributed by atoms with Crippen molar-refractivity contribution in [2.24, 2.45) is 5.92 Å². The van der Waals surface area contributed by atoms with E-state index in [0.29, 0.717) is 18.2 Å². The van der Waals surface area contributed by atoms with Gasteiger partial charge in [0.25, 0.3) is 0 Å². The maximum atomic E-state index is 13.5. The smallest absolute Gasteiger partial charge is 0.229 e. The second-order valence-corrected chi connectivity index (χ2v) is 7.22. The summed E-state index contributed by atoms with van der Waals surface area (Å²) in [5, 5.41) is 2.78. The van der Waals surface area contributed by atoms with E-state index in [1.54, 1.807) is 11.0 Å². The molecule has 1 N–H and O–H groups in total. The molecule has 3 rings (SSSR count). The van der Waals surface area contributed by atoms with Crippen LogP contribution in [0.5, 0.6) is 0 Å². The van der Waals surface area contributed by atoms with Crippen LogP contribution in [0.2, 0.25) is 0 Å². The molecule has 2 atom stereocenters. The minimum Gasteiger partial charge on any atom is -0.325 e. The summed E-state index contributed by atoms with van der Waals surface area (Å²) in [5.41, 5.74) is 3.24. The highest BCUT2D eigenvalue weighted by Crippen LogP contribution is 2.33. The van der Waals surface area contributed by atoms with Crippen LogP contribution < -0.4 is 10.2 Å². The highest BCUT2D eigenvalue weighted by molar-refractivity contribution is 6.04. The van der Waals surface area contributed by atoms with Crippen molar-refractivity contribution >= 4 is 23.2 Å². The van der Waals surface area contributed by atoms with Crippen LogP contribution in [-0.2, 0) is 9.59 Å². The highest BCUT2D eigenvalue weighted by atomic mass is 19.1. The van der Waals surface area contributed by atoms with Crippen molar-refractivity contribution in [3.63, 3.8) is 0 Å². The first-order valence-electron chi connectivity index (χ1n) is 9.37. The molecule has 0 saturated carbocycles. The summed E-state index contributed by atoms with van der Waals surface area (Å²) >= 11 is 0. The number of benzene rings is 2. The van der Waals surface area contributed by atoms with Crippen molar-refractivity contribution < 1.29 is 14.0 Å². The van der Waals surface area contributed by atoms with Crippen LogP contribution in [-0.4, -0.2) is 18.4 Å². The molecule has 5 heteroatoms. The third kappa shape index (κ3) is 4.02. The lowest BCUT2D eigenvalue weighted by molar-refractivity contribution is -0.122. The van der Waals surface area contributed by atoms with Gasteiger partial charge >= 0.3 is 0 Å². The zero-order valence-electron chi connectivity index (χ0n) is 16.0. The van der Waals surface area contributed by atoms with E-state index in [0.717, 1.165) is 23.2 Å². The molecule has 2 amide bonds. The number of halogens is 1. The average Bonchev–Trinajstić information content (AvgIpc) is 3.05. The molecule has 4 nitrogen and oxygen atoms in total. The monoisotopic (exact) mass is 368 g/mol. The van der Waals surface area contributed by atoms with Gasteiger partial charge in [0.05, 0.1) is 5.92 Å². The van der Waals surface area contributed by atoms with Gasteiger partial charge in [-0.25, -0.2) is 4.39 Å². The predicted octanol–water partition coefficient (Wildman–Crippen LogP) is 4.64. The Hall–Kier alpha value is -2.69. The Morgan fingerprint density at radius 1 is 1.30 bits per heavy atom. The summed E-state index contributed by atoms with van der Waals surface area (Å²) in [7, 11) is 0. The van der Waals surface area contributed by atoms with E-state index in [-0.39, 0.29) is 18.2 Å². The fourth-order valence-electron chi connectivity index (χ4n) is 3.45. The minimum absolute atomic E-state index is 0.0538. The van der Waals surface area contributed by atoms with Gasteiger partial charge in [0.2, 0.25) is 11.8 Å². The summed E-state index contributed by atoms with van der Waals surface area (Å²) < 4.78 is 13.5. The van der Waals surface area contributed by atoms with Gasteiger partial charge in [0, 0.05) is 24.3 Å². The zero-order chi connectivity index (χ0) is 19.6. The van der Waals surface area contributed by atoms with Crippen molar-refractivity contribution in [1.29, 1.82) is 0 Å². The first kappa shape index (κ1) is 19.1. The van der Waals surface area contributed by atoms with Crippen molar-refractivity contribution in [3.8, 4) is 0 Å². The number of amides is 2. The lowest BCUT2D eigenvalue weighted by Gasteiger charge is -2.23. The van der Waals surface area contributed by atoms with Gasteiger partial charge in [-0.2, -0.15) is 0 Å². The highest BCUT2D eigenvalue weighted by Gasteiger charge is 2.36. The van der Waals surface area contributed by atoms with Crippen LogP contribution in [0, 0.1) is 18.7 Å². The van der Waals surface area contributed by atoms with E-state index in [9.17, 15) is 14.0 Å². The Kier molecular flexibility index (Phi) is 5.59. The number of hydrogen-bond acceptors (Lipinski definition) is 2. The normalized spacial score (nSPS) is 17.9. The molecule has 27 heavy (non-hydrogen) atoms. The van der Waals surface area contributed by atoms with Gasteiger partial charge in [-0.15, -0.1) is 0 Å². The Balaban J connectivity index is 1.78. The number of nitrogens with zero attached hydrogens (tertiary/aromatic N) is 1. The van der Waals surface area contributed by atoms with Crippen LogP contribution in [0.15, 0.2) is 42.5 Å². The molecule has 2 aromatic rings. The zero-order valence-corrected chi connectivity index (χ0v) is 16.0. The third-order valence-corrected chi connectivity index (χ3v) is 5.32. The van der Waals surface area contributed by atoms with Gasteiger partial charge < -0.3 is 10.2 Å². The van der Waals surface area contributed by atoms with Crippen molar-refractivity contribution in [2.75, 3.05) is 16.8 Å². The van der Waals surface area contributed by atoms with Gasteiger partial charge in [0.1, 0.15) is 5.82 Å². The van der Waals surface area contributed by atoms with Gasteiger partial charge in [-0.3, -0.25) is 9.59 Å². The molecule has 142 valence electrons. The molecule has 1 heterocycles. The largest absolute Gasteiger partial charge is 0.325 e. The van der Waals surface area contributed by atoms with Crippen LogP contribution in [0.4, 0.5) is 15.8 Å². The van der Waals surface area contributed by atoms with Crippen LogP contribution >= 0.6 is 0 Å². The fraction of sp³-hybridized carbons (Fsp3) is 0.364. The second kappa shape index (κ2) is 7.91. The Morgan fingerprint density at radius 2 is 2.04 bits per heavy atom. The Morgan fingerprint density at radius 3 is 2.78 bits per heavy atom. The molecule has 1 aliphatic rings. The molecule has 1 fully saturated rings. The number of carbonyl (C=O) groups is 2. The molecule has 1 aliphatic heterocycles. The SMILES string of the molecule is CC[C@H](C)c1ccccc1N1C[C@@H](C(=O)Nc2cc(F)ccc2C)CC1=O. The number of aryl methyl sites for hydroxylation is 1. The van der Waals surface area contributed by atoms with E-state index in [1.165, 1.54) is 12.1 Å². The molecule has 0 radical (unpaired) electrons. The second-order valence-electron chi connectivity index (χ2n) is 7.22. The summed E-state index contributed by atoms with van der Waals surface area (Å²) in [5.74, 6) is -0.827. The van der Waals surface area contributed by atoms with Crippen LogP contribution in [0.3, 0.4) is 0 Å². The fourth-order valence-corrected chi connectivity index (χ4v) is 3.45. The van der Waals surface area contributed by atoms with Crippen molar-refractivity contribution in [2.45, 2.75) is 39.5 Å². The number of hydrogen-bond donors (Lipinski definition) is 1. The molecule has 0 aliphatic carbocycles. The van der Waals surface area contributed by atoms with E-state index < -0.39 is 11.7 Å². The van der Waals surface area contributed by atoms with Crippen molar-refractivity contribution in [1.82, 2.24) is 0 Å². The van der Waals surface area contributed by atoms with Crippen molar-refractivity contribution in [3.05, 3.63) is 59.4 Å². The summed E-state index contributed by atoms with van der Waals surface area (Å²) in [6.45, 7) is 6.40. The van der Waals surface area contributed by atoms with E-state index in [1.807, 2.05) is 31.2 Å². The van der Waals surface area contributed by atoms with E-state index in [4.69, 9.17) is 0 Å². The maximum Gasteiger partial charge on any atom is 0.229 e. The molecule has 0 unspecified atom stereocenters. The van der Waals surface area contributed by atoms with Crippen LogP contribution in [0.25, 0.3) is 0 Å². The maximum absolute atomic E-state index is 13.5. The van der Waals surface area contributed by atoms with E-state index >= 15 is 0 Å². The first-order chi connectivity index (χ1) is 12.9. The molecule has 2 aromatic carbocycles. The van der Waals surface area contributed by atoms with E-state index in [2.05, 4.69) is 19.2 Å². The summed E-state index contributed by atoms with van der Waals surface area (Å²) in [6, 6.07) is 12.2. The molecule has 1 saturated heterocycles. The first-order valence-corrected chi connectivity index (χ1v) is 9.37. The number of nitrogens with one attached hydrogen (secondary N) is 1. The molecule has 0 bridgehead atoms. The molecule has 0 spiro atoms. The standard InChI is InChI=1S/C22H25FN2O2/c1-4-14(2)18-7-5-6-8-20(18)25-13-16(11-21(25)26)22(27)24-19-12-17(23)10-9-15(19)3/h5-10,12,14,16H,4,11,13H2,1-3H3,(H,24,27)/t14-,16-/m0/s1. The van der Waals surface area contributed by atoms with Gasteiger partial charge in [-0.1, -0.05) is 38.1 Å². The molecular formula is C22H25FN2O2. The molecule has 0 aromatic heterocycles. The summed E-state index contributed by atoms with van der Waals surface area (Å²) in [4.78, 5) is 27.0. The number of carbonyl (C=O) groups excluding carboxylic acids is 2. The lowest BCUT2D eigenvalue weighted by atomic mass is 9.96. The quantitative estimate of drug-likeness (QED) is 0.836. The van der Waals surface area contributed by atoms with Crippen LogP contribution in [0.1, 0.15) is 43.7 Å². The number of rotatable bonds is 5. The topological polar surface area (TPSA) is 49.4 Å².